The molecule has 0 aliphatic heterocycles. The van der Waals surface area contributed by atoms with Gasteiger partial charge in [-0.05, 0) is 46.6 Å². The van der Waals surface area contributed by atoms with Gasteiger partial charge in [0.15, 0.2) is 0 Å². The standard InChI is InChI=1S/C20H23BrN2O5/c1-3-4-5-6-11-28-18-9-7-14(12-16(18)21)20(24)22-17-13-15(23(25)26)8-10-19(17)27-2/h7-10,12-13H,3-6,11H2,1-2H3,(H,22,24). The first-order chi connectivity index (χ1) is 13.5. The van der Waals surface area contributed by atoms with Crippen LogP contribution in [-0.2, 0) is 0 Å². The van der Waals surface area contributed by atoms with Crippen LogP contribution in [0.25, 0.3) is 0 Å². The minimum atomic E-state index is -0.529. The fourth-order valence-electron chi connectivity index (χ4n) is 2.57. The van der Waals surface area contributed by atoms with E-state index in [1.165, 1.54) is 38.2 Å². The Balaban J connectivity index is 2.07. The average molecular weight is 451 g/mol. The van der Waals surface area contributed by atoms with Crippen LogP contribution < -0.4 is 14.8 Å². The average Bonchev–Trinajstić information content (AvgIpc) is 2.68. The summed E-state index contributed by atoms with van der Waals surface area (Å²) in [4.78, 5) is 23.0. The molecular formula is C20H23BrN2O5. The molecule has 2 aromatic carbocycles. The quantitative estimate of drug-likeness (QED) is 0.289. The van der Waals surface area contributed by atoms with E-state index >= 15 is 0 Å². The van der Waals surface area contributed by atoms with Gasteiger partial charge in [0.1, 0.15) is 11.5 Å². The first-order valence-electron chi connectivity index (χ1n) is 9.02. The zero-order valence-corrected chi connectivity index (χ0v) is 17.5. The SMILES string of the molecule is CCCCCCOc1ccc(C(=O)Nc2cc([N+](=O)[O-])ccc2OC)cc1Br. The Morgan fingerprint density at radius 2 is 1.89 bits per heavy atom. The molecule has 0 unspecified atom stereocenters. The molecule has 0 atom stereocenters. The van der Waals surface area contributed by atoms with Gasteiger partial charge in [-0.25, -0.2) is 0 Å². The van der Waals surface area contributed by atoms with Crippen molar-refractivity contribution in [2.24, 2.45) is 0 Å². The lowest BCUT2D eigenvalue weighted by molar-refractivity contribution is -0.384. The van der Waals surface area contributed by atoms with E-state index in [-0.39, 0.29) is 11.4 Å². The number of nitro groups is 1. The monoisotopic (exact) mass is 450 g/mol. The molecule has 0 aliphatic carbocycles. The van der Waals surface area contributed by atoms with Crippen molar-refractivity contribution in [2.75, 3.05) is 19.0 Å². The highest BCUT2D eigenvalue weighted by Crippen LogP contribution is 2.30. The number of methoxy groups -OCH3 is 1. The summed E-state index contributed by atoms with van der Waals surface area (Å²) in [7, 11) is 1.43. The highest BCUT2D eigenvalue weighted by Gasteiger charge is 2.15. The van der Waals surface area contributed by atoms with E-state index in [2.05, 4.69) is 28.2 Å². The summed E-state index contributed by atoms with van der Waals surface area (Å²) in [6, 6.07) is 9.05. The van der Waals surface area contributed by atoms with Crippen molar-refractivity contribution in [1.82, 2.24) is 0 Å². The van der Waals surface area contributed by atoms with Crippen molar-refractivity contribution in [3.63, 3.8) is 0 Å². The number of nitrogens with zero attached hydrogens (tertiary/aromatic N) is 1. The molecule has 1 amide bonds. The maximum absolute atomic E-state index is 12.6. The van der Waals surface area contributed by atoms with Gasteiger partial charge < -0.3 is 14.8 Å². The van der Waals surface area contributed by atoms with Gasteiger partial charge in [-0.15, -0.1) is 0 Å². The number of hydrogen-bond acceptors (Lipinski definition) is 5. The van der Waals surface area contributed by atoms with Crippen LogP contribution in [0.4, 0.5) is 11.4 Å². The topological polar surface area (TPSA) is 90.7 Å². The van der Waals surface area contributed by atoms with Crippen molar-refractivity contribution in [1.29, 1.82) is 0 Å². The van der Waals surface area contributed by atoms with Gasteiger partial charge in [0, 0.05) is 17.7 Å². The number of unbranched alkanes of at least 4 members (excludes halogenated alkanes) is 3. The lowest BCUT2D eigenvalue weighted by atomic mass is 10.2. The zero-order valence-electron chi connectivity index (χ0n) is 15.9. The smallest absolute Gasteiger partial charge is 0.271 e. The minimum absolute atomic E-state index is 0.135. The van der Waals surface area contributed by atoms with Gasteiger partial charge in [0.05, 0.1) is 28.8 Å². The first-order valence-corrected chi connectivity index (χ1v) is 9.81. The maximum atomic E-state index is 12.6. The molecule has 2 rings (SSSR count). The van der Waals surface area contributed by atoms with Crippen molar-refractivity contribution >= 4 is 33.2 Å². The van der Waals surface area contributed by atoms with Crippen molar-refractivity contribution < 1.29 is 19.2 Å². The molecule has 0 bridgehead atoms. The number of nitro benzene ring substituents is 1. The summed E-state index contributed by atoms with van der Waals surface area (Å²) in [5.41, 5.74) is 0.483. The van der Waals surface area contributed by atoms with E-state index in [1.807, 2.05) is 0 Å². The van der Waals surface area contributed by atoms with Crippen molar-refractivity contribution in [3.05, 3.63) is 56.5 Å². The third kappa shape index (κ3) is 5.95. The summed E-state index contributed by atoms with van der Waals surface area (Å²) in [5, 5.41) is 13.6. The molecule has 0 spiro atoms. The molecule has 0 heterocycles. The van der Waals surface area contributed by atoms with E-state index in [0.29, 0.717) is 28.1 Å². The molecule has 7 nitrogen and oxygen atoms in total. The molecule has 0 saturated carbocycles. The number of amides is 1. The van der Waals surface area contributed by atoms with Gasteiger partial charge in [-0.2, -0.15) is 0 Å². The first kappa shape index (κ1) is 21.7. The molecule has 2 aromatic rings. The number of non-ortho nitro benzene ring substituents is 1. The summed E-state index contributed by atoms with van der Waals surface area (Å²) < 4.78 is 11.6. The van der Waals surface area contributed by atoms with E-state index in [0.717, 1.165) is 12.8 Å². The van der Waals surface area contributed by atoms with Gasteiger partial charge in [0.2, 0.25) is 0 Å². The van der Waals surface area contributed by atoms with E-state index in [9.17, 15) is 14.9 Å². The molecule has 0 fully saturated rings. The number of anilines is 1. The zero-order chi connectivity index (χ0) is 20.5. The lowest BCUT2D eigenvalue weighted by Gasteiger charge is -2.12. The maximum Gasteiger partial charge on any atom is 0.271 e. The van der Waals surface area contributed by atoms with Crippen LogP contribution in [0.2, 0.25) is 0 Å². The Labute approximate surface area is 172 Å². The lowest BCUT2D eigenvalue weighted by Crippen LogP contribution is -2.13. The number of carbonyl (C=O) groups excluding carboxylic acids is 1. The predicted molar refractivity (Wildman–Crippen MR) is 111 cm³/mol. The Hall–Kier alpha value is -2.61. The highest BCUT2D eigenvalue weighted by molar-refractivity contribution is 9.10. The number of hydrogen-bond donors (Lipinski definition) is 1. The van der Waals surface area contributed by atoms with Crippen LogP contribution in [0.3, 0.4) is 0 Å². The molecular weight excluding hydrogens is 428 g/mol. The number of rotatable bonds is 10. The fraction of sp³-hybridized carbons (Fsp3) is 0.350. The molecule has 150 valence electrons. The molecule has 1 N–H and O–H groups in total. The van der Waals surface area contributed by atoms with Crippen molar-refractivity contribution in [2.45, 2.75) is 32.6 Å². The Kier molecular flexibility index (Phi) is 8.25. The van der Waals surface area contributed by atoms with Crippen LogP contribution in [-0.4, -0.2) is 24.5 Å². The molecule has 0 saturated heterocycles. The number of nitrogens with one attached hydrogen (secondary N) is 1. The predicted octanol–water partition coefficient (Wildman–Crippen LogP) is 5.58. The summed E-state index contributed by atoms with van der Waals surface area (Å²) >= 11 is 3.42. The molecule has 0 aliphatic rings. The number of halogens is 1. The second kappa shape index (κ2) is 10.7. The Morgan fingerprint density at radius 1 is 1.14 bits per heavy atom. The number of carbonyl (C=O) groups is 1. The number of ether oxygens (including phenoxy) is 2. The van der Waals surface area contributed by atoms with E-state index < -0.39 is 10.8 Å². The van der Waals surface area contributed by atoms with Crippen molar-refractivity contribution in [3.8, 4) is 11.5 Å². The summed E-state index contributed by atoms with van der Waals surface area (Å²) in [6.07, 6.45) is 4.46. The van der Waals surface area contributed by atoms with E-state index in [4.69, 9.17) is 9.47 Å². The van der Waals surface area contributed by atoms with Crippen LogP contribution in [0.1, 0.15) is 43.0 Å². The Bertz CT molecular complexity index is 841. The minimum Gasteiger partial charge on any atom is -0.495 e. The molecule has 0 aromatic heterocycles. The van der Waals surface area contributed by atoms with Gasteiger partial charge in [-0.3, -0.25) is 14.9 Å². The second-order valence-electron chi connectivity index (χ2n) is 6.15. The molecule has 28 heavy (non-hydrogen) atoms. The van der Waals surface area contributed by atoms with Crippen LogP contribution in [0, 0.1) is 10.1 Å². The van der Waals surface area contributed by atoms with Gasteiger partial charge in [0.25, 0.3) is 11.6 Å². The summed E-state index contributed by atoms with van der Waals surface area (Å²) in [5.74, 6) is 0.597. The number of benzene rings is 2. The summed E-state index contributed by atoms with van der Waals surface area (Å²) in [6.45, 7) is 2.78. The van der Waals surface area contributed by atoms with Gasteiger partial charge >= 0.3 is 0 Å². The highest BCUT2D eigenvalue weighted by atomic mass is 79.9. The third-order valence-electron chi connectivity index (χ3n) is 4.09. The van der Waals surface area contributed by atoms with Crippen LogP contribution in [0.5, 0.6) is 11.5 Å². The largest absolute Gasteiger partial charge is 0.495 e. The van der Waals surface area contributed by atoms with Gasteiger partial charge in [-0.1, -0.05) is 26.2 Å². The van der Waals surface area contributed by atoms with Crippen LogP contribution in [0.15, 0.2) is 40.9 Å². The van der Waals surface area contributed by atoms with E-state index in [1.54, 1.807) is 18.2 Å². The molecule has 0 radical (unpaired) electrons. The van der Waals surface area contributed by atoms with Crippen LogP contribution >= 0.6 is 15.9 Å². The second-order valence-corrected chi connectivity index (χ2v) is 7.00. The normalized spacial score (nSPS) is 10.4. The fourth-order valence-corrected chi connectivity index (χ4v) is 3.07. The third-order valence-corrected chi connectivity index (χ3v) is 4.71. The molecule has 8 heteroatoms. The Morgan fingerprint density at radius 3 is 2.54 bits per heavy atom.